The Labute approximate surface area is 124 Å². The molecule has 21 heavy (non-hydrogen) atoms. The van der Waals surface area contributed by atoms with E-state index < -0.39 is 0 Å². The van der Waals surface area contributed by atoms with Crippen molar-refractivity contribution >= 4 is 21.6 Å². The Bertz CT molecular complexity index is 905. The van der Waals surface area contributed by atoms with E-state index in [9.17, 15) is 4.79 Å². The van der Waals surface area contributed by atoms with E-state index in [1.54, 1.807) is 23.0 Å². The largest absolute Gasteiger partial charge is 0.495 e. The third kappa shape index (κ3) is 2.39. The van der Waals surface area contributed by atoms with Gasteiger partial charge in [-0.1, -0.05) is 6.07 Å². The fourth-order valence-corrected chi connectivity index (χ4v) is 2.91. The summed E-state index contributed by atoms with van der Waals surface area (Å²) in [5, 5.41) is 10.8. The summed E-state index contributed by atoms with van der Waals surface area (Å²) in [5.74, 6) is 0.508. The third-order valence-corrected chi connectivity index (χ3v) is 4.07. The summed E-state index contributed by atoms with van der Waals surface area (Å²) in [4.78, 5) is 16.6. The van der Waals surface area contributed by atoms with Crippen LogP contribution in [0.4, 0.5) is 0 Å². The molecule has 0 atom stereocenters. The van der Waals surface area contributed by atoms with Gasteiger partial charge in [0.05, 0.1) is 31.1 Å². The second kappa shape index (κ2) is 5.38. The van der Waals surface area contributed by atoms with Crippen LogP contribution >= 0.6 is 11.3 Å². The highest BCUT2D eigenvalue weighted by Crippen LogP contribution is 2.20. The van der Waals surface area contributed by atoms with E-state index in [1.165, 1.54) is 18.4 Å². The average molecular weight is 297 g/mol. The Kier molecular flexibility index (Phi) is 3.42. The topological polar surface area (TPSA) is 67.9 Å². The van der Waals surface area contributed by atoms with Crippen molar-refractivity contribution in [3.05, 3.63) is 57.5 Å². The first-order valence-corrected chi connectivity index (χ1v) is 7.10. The summed E-state index contributed by atoms with van der Waals surface area (Å²) in [6.45, 7) is 0.391. The number of methoxy groups -OCH3 is 1. The Hall–Kier alpha value is -2.65. The van der Waals surface area contributed by atoms with E-state index in [0.717, 1.165) is 11.1 Å². The van der Waals surface area contributed by atoms with Crippen molar-refractivity contribution < 1.29 is 4.74 Å². The molecule has 3 aromatic rings. The highest BCUT2D eigenvalue weighted by atomic mass is 32.1. The molecule has 0 aliphatic carbocycles. The van der Waals surface area contributed by atoms with Crippen molar-refractivity contribution in [1.82, 2.24) is 9.55 Å². The van der Waals surface area contributed by atoms with Gasteiger partial charge < -0.3 is 4.74 Å². The van der Waals surface area contributed by atoms with Crippen LogP contribution in [0.5, 0.6) is 5.75 Å². The van der Waals surface area contributed by atoms with Gasteiger partial charge in [0.15, 0.2) is 0 Å². The van der Waals surface area contributed by atoms with E-state index in [-0.39, 0.29) is 5.56 Å². The highest BCUT2D eigenvalue weighted by Gasteiger charge is 2.08. The first-order chi connectivity index (χ1) is 10.2. The zero-order chi connectivity index (χ0) is 14.8. The monoisotopic (exact) mass is 297 g/mol. The van der Waals surface area contributed by atoms with Crippen LogP contribution < -0.4 is 10.3 Å². The standard InChI is InChI=1S/C15H11N3O2S/c1-20-13-6-10(2-3-11(13)7-16)8-18-9-17-12-4-5-21-14(12)15(18)19/h2-6,9H,8H2,1H3. The summed E-state index contributed by atoms with van der Waals surface area (Å²) in [6, 6.07) is 9.17. The highest BCUT2D eigenvalue weighted by molar-refractivity contribution is 7.17. The maximum Gasteiger partial charge on any atom is 0.271 e. The molecule has 6 heteroatoms. The van der Waals surface area contributed by atoms with Gasteiger partial charge in [0, 0.05) is 0 Å². The number of benzene rings is 1. The molecule has 0 spiro atoms. The van der Waals surface area contributed by atoms with Gasteiger partial charge in [-0.05, 0) is 29.1 Å². The van der Waals surface area contributed by atoms with Gasteiger partial charge >= 0.3 is 0 Å². The van der Waals surface area contributed by atoms with Crippen molar-refractivity contribution in [2.24, 2.45) is 0 Å². The Morgan fingerprint density at radius 3 is 3.05 bits per heavy atom. The van der Waals surface area contributed by atoms with Crippen LogP contribution in [0.15, 0.2) is 40.8 Å². The number of rotatable bonds is 3. The molecule has 0 bridgehead atoms. The fourth-order valence-electron chi connectivity index (χ4n) is 2.11. The van der Waals surface area contributed by atoms with E-state index in [0.29, 0.717) is 22.6 Å². The van der Waals surface area contributed by atoms with Gasteiger partial charge in [0.2, 0.25) is 0 Å². The molecule has 0 saturated carbocycles. The molecular weight excluding hydrogens is 286 g/mol. The first kappa shape index (κ1) is 13.3. The van der Waals surface area contributed by atoms with Crippen LogP contribution in [-0.4, -0.2) is 16.7 Å². The summed E-state index contributed by atoms with van der Waals surface area (Å²) < 4.78 is 7.39. The van der Waals surface area contributed by atoms with E-state index in [1.807, 2.05) is 17.5 Å². The molecule has 2 aromatic heterocycles. The number of aromatic nitrogens is 2. The Morgan fingerprint density at radius 1 is 1.43 bits per heavy atom. The second-order valence-electron chi connectivity index (χ2n) is 4.46. The zero-order valence-corrected chi connectivity index (χ0v) is 12.1. The van der Waals surface area contributed by atoms with Crippen molar-refractivity contribution in [2.45, 2.75) is 6.54 Å². The van der Waals surface area contributed by atoms with Gasteiger partial charge in [-0.15, -0.1) is 11.3 Å². The molecule has 2 heterocycles. The second-order valence-corrected chi connectivity index (χ2v) is 5.38. The van der Waals surface area contributed by atoms with Crippen LogP contribution in [0.3, 0.4) is 0 Å². The minimum absolute atomic E-state index is 0.0571. The van der Waals surface area contributed by atoms with Crippen LogP contribution in [-0.2, 0) is 6.54 Å². The molecule has 0 aliphatic rings. The Morgan fingerprint density at radius 2 is 2.29 bits per heavy atom. The molecule has 5 nitrogen and oxygen atoms in total. The Balaban J connectivity index is 2.01. The number of nitrogens with zero attached hydrogens (tertiary/aromatic N) is 3. The summed E-state index contributed by atoms with van der Waals surface area (Å²) in [7, 11) is 1.52. The van der Waals surface area contributed by atoms with Crippen LogP contribution in [0.2, 0.25) is 0 Å². The summed E-state index contributed by atoms with van der Waals surface area (Å²) in [6.07, 6.45) is 1.54. The first-order valence-electron chi connectivity index (χ1n) is 6.22. The lowest BCUT2D eigenvalue weighted by atomic mass is 10.1. The predicted molar refractivity (Wildman–Crippen MR) is 80.7 cm³/mol. The lowest BCUT2D eigenvalue weighted by molar-refractivity contribution is 0.413. The predicted octanol–water partition coefficient (Wildman–Crippen LogP) is 2.39. The molecule has 104 valence electrons. The quantitative estimate of drug-likeness (QED) is 0.744. The molecule has 0 unspecified atom stereocenters. The van der Waals surface area contributed by atoms with Crippen LogP contribution in [0.25, 0.3) is 10.2 Å². The molecule has 0 saturated heterocycles. The number of ether oxygens (including phenoxy) is 1. The molecule has 0 fully saturated rings. The van der Waals surface area contributed by atoms with Crippen LogP contribution in [0, 0.1) is 11.3 Å². The van der Waals surface area contributed by atoms with Gasteiger partial charge in [-0.25, -0.2) is 4.98 Å². The van der Waals surface area contributed by atoms with E-state index in [2.05, 4.69) is 11.1 Å². The molecule has 0 amide bonds. The minimum atomic E-state index is -0.0571. The normalized spacial score (nSPS) is 10.5. The number of hydrogen-bond donors (Lipinski definition) is 0. The smallest absolute Gasteiger partial charge is 0.271 e. The van der Waals surface area contributed by atoms with Crippen molar-refractivity contribution in [3.8, 4) is 11.8 Å². The zero-order valence-electron chi connectivity index (χ0n) is 11.2. The maximum absolute atomic E-state index is 12.3. The van der Waals surface area contributed by atoms with E-state index >= 15 is 0 Å². The van der Waals surface area contributed by atoms with Gasteiger partial charge in [-0.3, -0.25) is 9.36 Å². The summed E-state index contributed by atoms with van der Waals surface area (Å²) >= 11 is 1.39. The van der Waals surface area contributed by atoms with Crippen molar-refractivity contribution in [2.75, 3.05) is 7.11 Å². The van der Waals surface area contributed by atoms with Gasteiger partial charge in [-0.2, -0.15) is 5.26 Å². The van der Waals surface area contributed by atoms with Crippen molar-refractivity contribution in [1.29, 1.82) is 5.26 Å². The average Bonchev–Trinajstić information content (AvgIpc) is 2.99. The molecule has 0 radical (unpaired) electrons. The van der Waals surface area contributed by atoms with Gasteiger partial charge in [0.1, 0.15) is 16.5 Å². The number of thiophene rings is 1. The van der Waals surface area contributed by atoms with Gasteiger partial charge in [0.25, 0.3) is 5.56 Å². The molecule has 1 aromatic carbocycles. The lowest BCUT2D eigenvalue weighted by Gasteiger charge is -2.08. The fraction of sp³-hybridized carbons (Fsp3) is 0.133. The number of nitriles is 1. The summed E-state index contributed by atoms with van der Waals surface area (Å²) in [5.41, 5.74) is 2.02. The lowest BCUT2D eigenvalue weighted by Crippen LogP contribution is -2.20. The SMILES string of the molecule is COc1cc(Cn2cnc3ccsc3c2=O)ccc1C#N. The molecule has 0 aliphatic heterocycles. The minimum Gasteiger partial charge on any atom is -0.495 e. The number of hydrogen-bond acceptors (Lipinski definition) is 5. The molecule has 0 N–H and O–H groups in total. The molecular formula is C15H11N3O2S. The van der Waals surface area contributed by atoms with Crippen molar-refractivity contribution in [3.63, 3.8) is 0 Å². The molecule has 3 rings (SSSR count). The van der Waals surface area contributed by atoms with Crippen LogP contribution in [0.1, 0.15) is 11.1 Å². The van der Waals surface area contributed by atoms with E-state index in [4.69, 9.17) is 10.00 Å². The maximum atomic E-state index is 12.3. The third-order valence-electron chi connectivity index (χ3n) is 3.18. The number of fused-ring (bicyclic) bond motifs is 1.